The highest BCUT2D eigenvalue weighted by Gasteiger charge is 2.51. The summed E-state index contributed by atoms with van der Waals surface area (Å²) in [7, 11) is 0. The van der Waals surface area contributed by atoms with Gasteiger partial charge in [-0.05, 0) is 93.2 Å². The average Bonchev–Trinajstić information content (AvgIpc) is 3.41. The molecule has 2 N–H and O–H groups in total. The quantitative estimate of drug-likeness (QED) is 0.292. The van der Waals surface area contributed by atoms with E-state index >= 15 is 0 Å². The maximum Gasteiger partial charge on any atom is 0.419 e. The van der Waals surface area contributed by atoms with Gasteiger partial charge in [0.1, 0.15) is 11.2 Å². The highest BCUT2D eigenvalue weighted by atomic mass is 16.6. The molecule has 2 spiro atoms. The van der Waals surface area contributed by atoms with E-state index in [0.717, 1.165) is 12.8 Å². The molecule has 40 heavy (non-hydrogen) atoms. The predicted octanol–water partition coefficient (Wildman–Crippen LogP) is 2.75. The van der Waals surface area contributed by atoms with Crippen LogP contribution in [0.5, 0.6) is 0 Å². The van der Waals surface area contributed by atoms with Gasteiger partial charge >= 0.3 is 24.1 Å². The molecule has 4 aliphatic rings. The van der Waals surface area contributed by atoms with Crippen LogP contribution in [0, 0.1) is 10.8 Å². The van der Waals surface area contributed by atoms with E-state index < -0.39 is 35.6 Å². The van der Waals surface area contributed by atoms with Crippen LogP contribution in [0.3, 0.4) is 0 Å². The zero-order valence-corrected chi connectivity index (χ0v) is 24.8. The number of hydrogen-bond donors (Lipinski definition) is 2. The van der Waals surface area contributed by atoms with Crippen LogP contribution >= 0.6 is 0 Å². The third-order valence-electron chi connectivity index (χ3n) is 8.46. The minimum absolute atomic E-state index is 0.347. The van der Waals surface area contributed by atoms with E-state index in [9.17, 15) is 19.2 Å². The summed E-state index contributed by atoms with van der Waals surface area (Å²) in [4.78, 5) is 54.1. The van der Waals surface area contributed by atoms with Gasteiger partial charge in [-0.15, -0.1) is 0 Å². The molecule has 0 aromatic rings. The second-order valence-corrected chi connectivity index (χ2v) is 13.6. The smallest absolute Gasteiger partial charge is 0.419 e. The third-order valence-corrected chi connectivity index (χ3v) is 8.46. The zero-order valence-electron chi connectivity index (χ0n) is 24.8. The molecule has 226 valence electrons. The van der Waals surface area contributed by atoms with Crippen LogP contribution in [0.4, 0.5) is 9.59 Å². The molecule has 0 saturated carbocycles. The van der Waals surface area contributed by atoms with Crippen molar-refractivity contribution in [3.8, 4) is 0 Å². The molecule has 4 aliphatic heterocycles. The standard InChI is InChI=1S/C28H46N4O8/c1-25(2,3)39-23(35)31-15-9-27(10-16-31)7-13-29-21(27)37-19(33)20(34)38-22-28(8-14-30-22)11-17-32(18-12-28)24(36)40-26(4,5)6/h21-22,29-30H,7-18H2,1-6H3. The average molecular weight is 567 g/mol. The topological polar surface area (TPSA) is 136 Å². The van der Waals surface area contributed by atoms with E-state index in [-0.39, 0.29) is 23.0 Å². The van der Waals surface area contributed by atoms with Crippen LogP contribution in [0.2, 0.25) is 0 Å². The lowest BCUT2D eigenvalue weighted by molar-refractivity contribution is -0.183. The van der Waals surface area contributed by atoms with Gasteiger partial charge in [0.2, 0.25) is 0 Å². The van der Waals surface area contributed by atoms with Crippen molar-refractivity contribution in [3.63, 3.8) is 0 Å². The van der Waals surface area contributed by atoms with Crippen molar-refractivity contribution in [2.45, 2.75) is 104 Å². The van der Waals surface area contributed by atoms with Crippen molar-refractivity contribution >= 4 is 24.1 Å². The Morgan fingerprint density at radius 2 is 0.925 bits per heavy atom. The van der Waals surface area contributed by atoms with Gasteiger partial charge in [0.25, 0.3) is 0 Å². The van der Waals surface area contributed by atoms with E-state index in [1.54, 1.807) is 9.80 Å². The summed E-state index contributed by atoms with van der Waals surface area (Å²) in [6, 6.07) is 0. The molecule has 2 amide bonds. The summed E-state index contributed by atoms with van der Waals surface area (Å²) in [5.41, 5.74) is -1.84. The third kappa shape index (κ3) is 6.99. The fourth-order valence-electron chi connectivity index (χ4n) is 6.19. The van der Waals surface area contributed by atoms with Gasteiger partial charge < -0.3 is 28.7 Å². The minimum Gasteiger partial charge on any atom is -0.444 e. The lowest BCUT2D eigenvalue weighted by atomic mass is 9.76. The van der Waals surface area contributed by atoms with Crippen LogP contribution in [0.1, 0.15) is 80.1 Å². The molecule has 2 unspecified atom stereocenters. The summed E-state index contributed by atoms with van der Waals surface area (Å²) in [5, 5.41) is 6.43. The molecule has 0 bridgehead atoms. The van der Waals surface area contributed by atoms with E-state index in [4.69, 9.17) is 18.9 Å². The molecule has 4 heterocycles. The van der Waals surface area contributed by atoms with Crippen molar-refractivity contribution in [3.05, 3.63) is 0 Å². The van der Waals surface area contributed by atoms with Crippen molar-refractivity contribution in [1.82, 2.24) is 20.4 Å². The fourth-order valence-corrected chi connectivity index (χ4v) is 6.19. The van der Waals surface area contributed by atoms with E-state index in [1.807, 2.05) is 41.5 Å². The van der Waals surface area contributed by atoms with Gasteiger partial charge in [0.15, 0.2) is 12.5 Å². The molecule has 4 rings (SSSR count). The number of nitrogens with one attached hydrogen (secondary N) is 2. The normalized spacial score (nSPS) is 26.1. The summed E-state index contributed by atoms with van der Waals surface area (Å²) < 4.78 is 22.3. The van der Waals surface area contributed by atoms with Crippen molar-refractivity contribution < 1.29 is 38.1 Å². The summed E-state index contributed by atoms with van der Waals surface area (Å²) in [6.45, 7) is 14.3. The Balaban J connectivity index is 1.28. The summed E-state index contributed by atoms with van der Waals surface area (Å²) in [6.07, 6.45) is 2.14. The lowest BCUT2D eigenvalue weighted by Crippen LogP contribution is -2.52. The van der Waals surface area contributed by atoms with Gasteiger partial charge in [-0.1, -0.05) is 0 Å². The molecule has 4 saturated heterocycles. The van der Waals surface area contributed by atoms with Crippen LogP contribution in [0.15, 0.2) is 0 Å². The Kier molecular flexibility index (Phi) is 8.61. The Hall–Kier alpha value is -2.60. The molecular weight excluding hydrogens is 520 g/mol. The maximum atomic E-state index is 12.9. The minimum atomic E-state index is -1.02. The molecule has 4 fully saturated rings. The van der Waals surface area contributed by atoms with Crippen molar-refractivity contribution in [2.24, 2.45) is 10.8 Å². The lowest BCUT2D eigenvalue weighted by Gasteiger charge is -2.42. The number of hydrogen-bond acceptors (Lipinski definition) is 10. The van der Waals surface area contributed by atoms with E-state index in [2.05, 4.69) is 10.6 Å². The second kappa shape index (κ2) is 11.3. The molecule has 2 atom stereocenters. The first-order valence-electron chi connectivity index (χ1n) is 14.5. The number of ether oxygens (including phenoxy) is 4. The largest absolute Gasteiger partial charge is 0.444 e. The number of carbonyl (C=O) groups excluding carboxylic acids is 4. The van der Waals surface area contributed by atoms with Gasteiger partial charge in [-0.25, -0.2) is 19.2 Å². The van der Waals surface area contributed by atoms with E-state index in [0.29, 0.717) is 65.0 Å². The molecule has 0 aromatic carbocycles. The number of esters is 2. The zero-order chi connectivity index (χ0) is 29.3. The monoisotopic (exact) mass is 566 g/mol. The van der Waals surface area contributed by atoms with Crippen LogP contribution in [-0.4, -0.2) is 96.9 Å². The number of carbonyl (C=O) groups is 4. The molecule has 12 heteroatoms. The Bertz CT molecular complexity index is 894. The van der Waals surface area contributed by atoms with Crippen molar-refractivity contribution in [2.75, 3.05) is 39.3 Å². The fraction of sp³-hybridized carbons (Fsp3) is 0.857. The van der Waals surface area contributed by atoms with Crippen LogP contribution in [0.25, 0.3) is 0 Å². The second-order valence-electron chi connectivity index (χ2n) is 13.6. The van der Waals surface area contributed by atoms with Crippen LogP contribution in [-0.2, 0) is 28.5 Å². The first-order valence-corrected chi connectivity index (χ1v) is 14.5. The van der Waals surface area contributed by atoms with E-state index in [1.165, 1.54) is 0 Å². The Labute approximate surface area is 236 Å². The highest BCUT2D eigenvalue weighted by molar-refractivity contribution is 6.29. The number of piperidine rings is 2. The first-order chi connectivity index (χ1) is 18.6. The summed E-state index contributed by atoms with van der Waals surface area (Å²) in [5.74, 6) is -2.05. The SMILES string of the molecule is CC(C)(C)OC(=O)N1CCC2(CCNC2OC(=O)C(=O)OC2NCCC23CCN(C(=O)OC(C)(C)C)CC3)CC1. The predicted molar refractivity (Wildman–Crippen MR) is 144 cm³/mol. The van der Waals surface area contributed by atoms with Gasteiger partial charge in [0.05, 0.1) is 0 Å². The van der Waals surface area contributed by atoms with Crippen molar-refractivity contribution in [1.29, 1.82) is 0 Å². The summed E-state index contributed by atoms with van der Waals surface area (Å²) >= 11 is 0. The van der Waals surface area contributed by atoms with Gasteiger partial charge in [-0.2, -0.15) is 0 Å². The maximum absolute atomic E-state index is 12.9. The van der Waals surface area contributed by atoms with Gasteiger partial charge in [-0.3, -0.25) is 10.6 Å². The molecule has 12 nitrogen and oxygen atoms in total. The first kappa shape index (κ1) is 30.4. The number of amides is 2. The number of rotatable bonds is 2. The number of nitrogens with zero attached hydrogens (tertiary/aromatic N) is 2. The molecule has 0 radical (unpaired) electrons. The highest BCUT2D eigenvalue weighted by Crippen LogP contribution is 2.44. The molecule has 0 aliphatic carbocycles. The van der Waals surface area contributed by atoms with Gasteiger partial charge in [0, 0.05) is 37.0 Å². The number of likely N-dealkylation sites (tertiary alicyclic amines) is 2. The Morgan fingerprint density at radius 1 is 0.600 bits per heavy atom. The molecule has 0 aromatic heterocycles. The molecular formula is C28H46N4O8. The van der Waals surface area contributed by atoms with Crippen LogP contribution < -0.4 is 10.6 Å². The Morgan fingerprint density at radius 3 is 1.23 bits per heavy atom.